The van der Waals surface area contributed by atoms with Gasteiger partial charge >= 0.3 is 0 Å². The second kappa shape index (κ2) is 5.05. The van der Waals surface area contributed by atoms with Gasteiger partial charge in [0.15, 0.2) is 5.78 Å². The molecule has 0 bridgehead atoms. The Kier molecular flexibility index (Phi) is 3.22. The summed E-state index contributed by atoms with van der Waals surface area (Å²) in [5, 5.41) is 4.22. The van der Waals surface area contributed by atoms with E-state index in [1.807, 2.05) is 50.4 Å². The standard InChI is InChI=1S/C17H16N2O2/c1-11-9-16(21-3)12(2)8-13(11)17(20)14-10-18-19-7-5-4-6-15(14)19/h4-10H,1-3H3. The topological polar surface area (TPSA) is 43.6 Å². The molecular weight excluding hydrogens is 264 g/mol. The van der Waals surface area contributed by atoms with Crippen LogP contribution in [0.4, 0.5) is 0 Å². The van der Waals surface area contributed by atoms with Gasteiger partial charge in [-0.25, -0.2) is 4.52 Å². The van der Waals surface area contributed by atoms with Crippen molar-refractivity contribution in [3.05, 3.63) is 65.0 Å². The normalized spacial score (nSPS) is 10.8. The molecule has 0 spiro atoms. The van der Waals surface area contributed by atoms with E-state index in [9.17, 15) is 4.79 Å². The zero-order valence-electron chi connectivity index (χ0n) is 12.3. The van der Waals surface area contributed by atoms with Crippen molar-refractivity contribution in [2.45, 2.75) is 13.8 Å². The van der Waals surface area contributed by atoms with Gasteiger partial charge in [-0.3, -0.25) is 4.79 Å². The van der Waals surface area contributed by atoms with Crippen molar-refractivity contribution in [1.82, 2.24) is 9.61 Å². The van der Waals surface area contributed by atoms with Crippen molar-refractivity contribution in [3.8, 4) is 5.75 Å². The Morgan fingerprint density at radius 3 is 2.71 bits per heavy atom. The minimum absolute atomic E-state index is 0.0144. The zero-order chi connectivity index (χ0) is 15.0. The lowest BCUT2D eigenvalue weighted by Crippen LogP contribution is -2.05. The molecular formula is C17H16N2O2. The second-order valence-electron chi connectivity index (χ2n) is 5.05. The quantitative estimate of drug-likeness (QED) is 0.692. The summed E-state index contributed by atoms with van der Waals surface area (Å²) in [6.45, 7) is 3.85. The Bertz CT molecular complexity index is 834. The summed E-state index contributed by atoms with van der Waals surface area (Å²) in [5.74, 6) is 0.781. The lowest BCUT2D eigenvalue weighted by Gasteiger charge is -2.10. The second-order valence-corrected chi connectivity index (χ2v) is 5.05. The number of nitrogens with zero attached hydrogens (tertiary/aromatic N) is 2. The molecule has 106 valence electrons. The van der Waals surface area contributed by atoms with E-state index < -0.39 is 0 Å². The first-order chi connectivity index (χ1) is 10.1. The number of aromatic nitrogens is 2. The number of pyridine rings is 1. The van der Waals surface area contributed by atoms with E-state index in [1.165, 1.54) is 0 Å². The predicted molar refractivity (Wildman–Crippen MR) is 81.1 cm³/mol. The van der Waals surface area contributed by atoms with Crippen molar-refractivity contribution in [2.75, 3.05) is 7.11 Å². The largest absolute Gasteiger partial charge is 0.496 e. The molecule has 4 nitrogen and oxygen atoms in total. The minimum Gasteiger partial charge on any atom is -0.496 e. The third-order valence-corrected chi connectivity index (χ3v) is 3.66. The van der Waals surface area contributed by atoms with Crippen LogP contribution in [0.1, 0.15) is 27.0 Å². The number of ketones is 1. The first-order valence-electron chi connectivity index (χ1n) is 6.74. The Morgan fingerprint density at radius 2 is 1.95 bits per heavy atom. The third-order valence-electron chi connectivity index (χ3n) is 3.66. The smallest absolute Gasteiger partial charge is 0.197 e. The molecule has 3 aromatic rings. The van der Waals surface area contributed by atoms with Crippen LogP contribution in [-0.4, -0.2) is 22.5 Å². The molecule has 0 saturated heterocycles. The van der Waals surface area contributed by atoms with E-state index >= 15 is 0 Å². The lowest BCUT2D eigenvalue weighted by atomic mass is 9.97. The molecule has 0 atom stereocenters. The van der Waals surface area contributed by atoms with Gasteiger partial charge < -0.3 is 4.74 Å². The third kappa shape index (κ3) is 2.18. The molecule has 2 heterocycles. The molecule has 0 saturated carbocycles. The summed E-state index contributed by atoms with van der Waals surface area (Å²) in [4.78, 5) is 12.8. The molecule has 0 aliphatic heterocycles. The van der Waals surface area contributed by atoms with Gasteiger partial charge in [0.2, 0.25) is 0 Å². The monoisotopic (exact) mass is 280 g/mol. The van der Waals surface area contributed by atoms with Crippen LogP contribution in [0.3, 0.4) is 0 Å². The SMILES string of the molecule is COc1cc(C)c(C(=O)c2cnn3ccccc23)cc1C. The number of fused-ring (bicyclic) bond motifs is 1. The van der Waals surface area contributed by atoms with E-state index in [-0.39, 0.29) is 5.78 Å². The van der Waals surface area contributed by atoms with E-state index in [1.54, 1.807) is 17.8 Å². The number of aryl methyl sites for hydroxylation is 2. The fourth-order valence-electron chi connectivity index (χ4n) is 2.51. The fraction of sp³-hybridized carbons (Fsp3) is 0.176. The Morgan fingerprint density at radius 1 is 1.14 bits per heavy atom. The van der Waals surface area contributed by atoms with Crippen LogP contribution in [0, 0.1) is 13.8 Å². The molecule has 21 heavy (non-hydrogen) atoms. The first kappa shape index (κ1) is 13.4. The molecule has 0 N–H and O–H groups in total. The van der Waals surface area contributed by atoms with Crippen LogP contribution < -0.4 is 4.74 Å². The van der Waals surface area contributed by atoms with Gasteiger partial charge in [0.1, 0.15) is 5.75 Å². The number of methoxy groups -OCH3 is 1. The Hall–Kier alpha value is -2.62. The van der Waals surface area contributed by atoms with E-state index in [2.05, 4.69) is 5.10 Å². The molecule has 0 aliphatic carbocycles. The fourth-order valence-corrected chi connectivity index (χ4v) is 2.51. The molecule has 2 aromatic heterocycles. The highest BCUT2D eigenvalue weighted by atomic mass is 16.5. The van der Waals surface area contributed by atoms with Crippen molar-refractivity contribution >= 4 is 11.3 Å². The molecule has 4 heteroatoms. The first-order valence-corrected chi connectivity index (χ1v) is 6.74. The molecule has 1 aromatic carbocycles. The van der Waals surface area contributed by atoms with Gasteiger partial charge in [0.25, 0.3) is 0 Å². The molecule has 0 fully saturated rings. The maximum atomic E-state index is 12.8. The number of carbonyl (C=O) groups is 1. The van der Waals surface area contributed by atoms with Gasteiger partial charge in [-0.1, -0.05) is 6.07 Å². The lowest BCUT2D eigenvalue weighted by molar-refractivity contribution is 0.103. The molecule has 0 aliphatic rings. The van der Waals surface area contributed by atoms with Crippen LogP contribution in [-0.2, 0) is 0 Å². The predicted octanol–water partition coefficient (Wildman–Crippen LogP) is 3.19. The van der Waals surface area contributed by atoms with Crippen LogP contribution >= 0.6 is 0 Å². The maximum Gasteiger partial charge on any atom is 0.197 e. The van der Waals surface area contributed by atoms with E-state index in [0.29, 0.717) is 11.1 Å². The zero-order valence-corrected chi connectivity index (χ0v) is 12.3. The van der Waals surface area contributed by atoms with Gasteiger partial charge in [0, 0.05) is 11.8 Å². The average Bonchev–Trinajstić information content (AvgIpc) is 2.92. The van der Waals surface area contributed by atoms with E-state index in [0.717, 1.165) is 22.4 Å². The number of hydrogen-bond acceptors (Lipinski definition) is 3. The summed E-state index contributed by atoms with van der Waals surface area (Å²) >= 11 is 0. The minimum atomic E-state index is -0.0144. The van der Waals surface area contributed by atoms with Crippen LogP contribution in [0.5, 0.6) is 5.75 Å². The van der Waals surface area contributed by atoms with Crippen LogP contribution in [0.15, 0.2) is 42.7 Å². The molecule has 0 amide bonds. The number of carbonyl (C=O) groups excluding carboxylic acids is 1. The summed E-state index contributed by atoms with van der Waals surface area (Å²) in [5.41, 5.74) is 3.96. The van der Waals surface area contributed by atoms with Gasteiger partial charge in [-0.05, 0) is 49.2 Å². The van der Waals surface area contributed by atoms with Crippen molar-refractivity contribution in [2.24, 2.45) is 0 Å². The van der Waals surface area contributed by atoms with Crippen molar-refractivity contribution < 1.29 is 9.53 Å². The Labute approximate surface area is 123 Å². The molecule has 0 unspecified atom stereocenters. The average molecular weight is 280 g/mol. The van der Waals surface area contributed by atoms with Crippen molar-refractivity contribution in [3.63, 3.8) is 0 Å². The highest BCUT2D eigenvalue weighted by Gasteiger charge is 2.18. The number of benzene rings is 1. The van der Waals surface area contributed by atoms with Crippen molar-refractivity contribution in [1.29, 1.82) is 0 Å². The summed E-state index contributed by atoms with van der Waals surface area (Å²) in [6.07, 6.45) is 3.45. The van der Waals surface area contributed by atoms with Gasteiger partial charge in [0.05, 0.1) is 24.4 Å². The summed E-state index contributed by atoms with van der Waals surface area (Å²) < 4.78 is 7.00. The molecule has 3 rings (SSSR count). The number of rotatable bonds is 3. The van der Waals surface area contributed by atoms with E-state index in [4.69, 9.17) is 4.74 Å². The molecule has 0 radical (unpaired) electrons. The highest BCUT2D eigenvalue weighted by Crippen LogP contribution is 2.25. The Balaban J connectivity index is 2.12. The van der Waals surface area contributed by atoms with Crippen LogP contribution in [0.2, 0.25) is 0 Å². The highest BCUT2D eigenvalue weighted by molar-refractivity contribution is 6.13. The summed E-state index contributed by atoms with van der Waals surface area (Å²) in [6, 6.07) is 9.46. The number of hydrogen-bond donors (Lipinski definition) is 0. The van der Waals surface area contributed by atoms with Gasteiger partial charge in [-0.2, -0.15) is 5.10 Å². The summed E-state index contributed by atoms with van der Waals surface area (Å²) in [7, 11) is 1.63. The number of ether oxygens (including phenoxy) is 1. The van der Waals surface area contributed by atoms with Crippen LogP contribution in [0.25, 0.3) is 5.52 Å². The maximum absolute atomic E-state index is 12.8. The van der Waals surface area contributed by atoms with Gasteiger partial charge in [-0.15, -0.1) is 0 Å².